The fourth-order valence-corrected chi connectivity index (χ4v) is 12.8. The second-order valence-corrected chi connectivity index (χ2v) is 19.8. The van der Waals surface area contributed by atoms with E-state index < -0.39 is 22.8 Å². The molecule has 1 aromatic heterocycles. The molecule has 5 aliphatic carbocycles. The molecule has 0 aromatic carbocycles. The van der Waals surface area contributed by atoms with Gasteiger partial charge in [-0.2, -0.15) is 0 Å². The molecule has 9 heteroatoms. The number of carbonyl (C=O) groups is 4. The minimum Gasteiger partial charge on any atom is -0.481 e. The highest BCUT2D eigenvalue weighted by atomic mass is 16.5. The molecule has 5 aliphatic rings. The maximum atomic E-state index is 14.0. The van der Waals surface area contributed by atoms with Crippen LogP contribution >= 0.6 is 0 Å². The minimum atomic E-state index is -1.17. The van der Waals surface area contributed by atoms with Crippen molar-refractivity contribution in [3.05, 3.63) is 47.6 Å². The summed E-state index contributed by atoms with van der Waals surface area (Å²) < 4.78 is 6.16. The average molecular weight is 730 g/mol. The standard InChI is InChI=1S/C44H63N3O6/c1-26(2)36-30(48)23-44(19-15-34(49)47-27(3)29-16-22-45-25-46-29)21-20-42(9)28(37(36)44)11-12-32-41(8)17-14-33(53-35(50)24-39(4,5)38(51)52)40(6,7)31(41)13-18-43(32,42)10/h15-16,19,22,25-28,31-33H,11-14,17-18,20-21,23-24H2,1-10H3,(H,47,49)(H,51,52)/b19-15+/t27-,28-,31+,32-,33+,41+,42-,43?,44+/m1/s1. The van der Waals surface area contributed by atoms with Crippen LogP contribution in [-0.4, -0.2) is 44.8 Å². The number of esters is 1. The molecule has 0 spiro atoms. The monoisotopic (exact) mass is 729 g/mol. The van der Waals surface area contributed by atoms with Gasteiger partial charge in [-0.3, -0.25) is 19.2 Å². The number of ketones is 1. The molecule has 0 radical (unpaired) electrons. The Morgan fingerprint density at radius 1 is 0.981 bits per heavy atom. The van der Waals surface area contributed by atoms with Crippen molar-refractivity contribution in [2.75, 3.05) is 0 Å². The SMILES string of the molecule is CC(C)C1=C2[C@H]3CC[C@H]4C(C)(CC[C@H]5C(C)(C)[C@@H](OC(=O)CC(C)(C)C(=O)O)CC[C@@]54C)[C@]3(C)CC[C@@]2(/C=C/C(=O)N[C@H](C)c2ccncn2)CC1=O. The smallest absolute Gasteiger partial charge is 0.309 e. The molecular formula is C44H63N3O6. The van der Waals surface area contributed by atoms with Crippen LogP contribution in [0.1, 0.15) is 145 Å². The van der Waals surface area contributed by atoms with Crippen molar-refractivity contribution in [2.24, 2.45) is 56.2 Å². The van der Waals surface area contributed by atoms with Crippen LogP contribution in [0.25, 0.3) is 0 Å². The Morgan fingerprint density at radius 3 is 2.34 bits per heavy atom. The van der Waals surface area contributed by atoms with Gasteiger partial charge in [0.25, 0.3) is 0 Å². The second kappa shape index (κ2) is 13.4. The number of fused-ring (bicyclic) bond motifs is 7. The minimum absolute atomic E-state index is 0.0129. The zero-order chi connectivity index (χ0) is 38.9. The molecule has 4 saturated carbocycles. The van der Waals surface area contributed by atoms with E-state index >= 15 is 0 Å². The lowest BCUT2D eigenvalue weighted by Crippen LogP contribution is -2.65. The van der Waals surface area contributed by atoms with Crippen molar-refractivity contribution in [2.45, 2.75) is 146 Å². The van der Waals surface area contributed by atoms with Crippen molar-refractivity contribution in [1.82, 2.24) is 15.3 Å². The Labute approximate surface area is 316 Å². The van der Waals surface area contributed by atoms with E-state index in [9.17, 15) is 24.3 Å². The van der Waals surface area contributed by atoms with Gasteiger partial charge in [0, 0.05) is 23.4 Å². The number of aromatic nitrogens is 2. The zero-order valence-corrected chi connectivity index (χ0v) is 33.8. The summed E-state index contributed by atoms with van der Waals surface area (Å²) in [6.07, 6.45) is 14.8. The van der Waals surface area contributed by atoms with E-state index in [1.165, 1.54) is 11.9 Å². The predicted octanol–water partition coefficient (Wildman–Crippen LogP) is 8.60. The van der Waals surface area contributed by atoms with Gasteiger partial charge >= 0.3 is 11.9 Å². The van der Waals surface area contributed by atoms with Crippen molar-refractivity contribution in [3.63, 3.8) is 0 Å². The number of hydrogen-bond acceptors (Lipinski definition) is 7. The second-order valence-electron chi connectivity index (χ2n) is 19.8. The lowest BCUT2D eigenvalue weighted by Gasteiger charge is -2.72. The Balaban J connectivity index is 1.27. The fourth-order valence-electron chi connectivity index (χ4n) is 12.8. The van der Waals surface area contributed by atoms with E-state index in [4.69, 9.17) is 4.74 Å². The highest BCUT2D eigenvalue weighted by Crippen LogP contribution is 2.77. The third kappa shape index (κ3) is 6.30. The van der Waals surface area contributed by atoms with Gasteiger partial charge in [0.2, 0.25) is 5.91 Å². The first-order valence-corrected chi connectivity index (χ1v) is 20.1. The number of aliphatic carboxylic acids is 1. The fraction of sp³-hybridized carbons (Fsp3) is 0.727. The van der Waals surface area contributed by atoms with Crippen LogP contribution in [0, 0.1) is 56.2 Å². The van der Waals surface area contributed by atoms with E-state index in [0.717, 1.165) is 62.6 Å². The first-order valence-electron chi connectivity index (χ1n) is 20.1. The Bertz CT molecular complexity index is 1710. The topological polar surface area (TPSA) is 136 Å². The third-order valence-electron chi connectivity index (χ3n) is 15.8. The Morgan fingerprint density at radius 2 is 1.70 bits per heavy atom. The van der Waals surface area contributed by atoms with Crippen molar-refractivity contribution >= 4 is 23.6 Å². The quantitative estimate of drug-likeness (QED) is 0.191. The molecule has 0 bridgehead atoms. The molecule has 0 saturated heterocycles. The summed E-state index contributed by atoms with van der Waals surface area (Å²) in [5, 5.41) is 12.7. The molecule has 1 heterocycles. The van der Waals surface area contributed by atoms with Gasteiger partial charge in [0.05, 0.1) is 23.6 Å². The zero-order valence-electron chi connectivity index (χ0n) is 33.8. The number of Topliss-reactive ketones (excluding diaryl/α,β-unsaturated/α-hetero) is 1. The molecular weight excluding hydrogens is 666 g/mol. The highest BCUT2D eigenvalue weighted by molar-refractivity contribution is 6.01. The average Bonchev–Trinajstić information content (AvgIpc) is 3.38. The molecule has 1 unspecified atom stereocenters. The summed E-state index contributed by atoms with van der Waals surface area (Å²) in [5.41, 5.74) is 1.28. The van der Waals surface area contributed by atoms with Crippen LogP contribution in [0.5, 0.6) is 0 Å². The molecule has 6 rings (SSSR count). The number of rotatable bonds is 9. The number of carboxylic acid groups (broad SMARTS) is 1. The molecule has 1 amide bonds. The number of allylic oxidation sites excluding steroid dienone is 3. The van der Waals surface area contributed by atoms with Gasteiger partial charge in [-0.05, 0) is 135 Å². The number of hydrogen-bond donors (Lipinski definition) is 2. The molecule has 9 nitrogen and oxygen atoms in total. The number of carboxylic acids is 1. The summed E-state index contributed by atoms with van der Waals surface area (Å²) in [6, 6.07) is 1.54. The van der Waals surface area contributed by atoms with Crippen LogP contribution in [0.2, 0.25) is 0 Å². The normalized spacial score (nSPS) is 37.0. The lowest BCUT2D eigenvalue weighted by atomic mass is 9.33. The largest absolute Gasteiger partial charge is 0.481 e. The van der Waals surface area contributed by atoms with Crippen LogP contribution < -0.4 is 5.32 Å². The van der Waals surface area contributed by atoms with Crippen molar-refractivity contribution < 1.29 is 29.0 Å². The number of amides is 1. The first kappa shape index (κ1) is 39.3. The third-order valence-corrected chi connectivity index (χ3v) is 15.8. The number of ether oxygens (including phenoxy) is 1. The molecule has 2 N–H and O–H groups in total. The maximum absolute atomic E-state index is 14.0. The van der Waals surface area contributed by atoms with Gasteiger partial charge in [-0.15, -0.1) is 0 Å². The molecule has 0 aliphatic heterocycles. The van der Waals surface area contributed by atoms with Gasteiger partial charge in [-0.1, -0.05) is 54.5 Å². The van der Waals surface area contributed by atoms with Crippen LogP contribution in [0.3, 0.4) is 0 Å². The van der Waals surface area contributed by atoms with Crippen LogP contribution in [0.4, 0.5) is 0 Å². The highest BCUT2D eigenvalue weighted by Gasteiger charge is 2.70. The first-order chi connectivity index (χ1) is 24.6. The van der Waals surface area contributed by atoms with Gasteiger partial charge in [-0.25, -0.2) is 9.97 Å². The lowest BCUT2D eigenvalue weighted by molar-refractivity contribution is -0.232. The van der Waals surface area contributed by atoms with E-state index in [1.54, 1.807) is 32.2 Å². The molecule has 4 fully saturated rings. The molecule has 53 heavy (non-hydrogen) atoms. The van der Waals surface area contributed by atoms with Crippen LogP contribution in [0.15, 0.2) is 41.9 Å². The predicted molar refractivity (Wildman–Crippen MR) is 203 cm³/mol. The number of nitrogens with one attached hydrogen (secondary N) is 1. The van der Waals surface area contributed by atoms with Crippen molar-refractivity contribution in [1.29, 1.82) is 0 Å². The molecule has 9 atom stereocenters. The van der Waals surface area contributed by atoms with E-state index in [0.29, 0.717) is 18.3 Å². The molecule has 290 valence electrons. The van der Waals surface area contributed by atoms with E-state index in [1.807, 2.05) is 6.92 Å². The Kier molecular flexibility index (Phi) is 9.97. The number of carbonyl (C=O) groups excluding carboxylic acids is 3. The number of nitrogens with zero attached hydrogens (tertiary/aromatic N) is 2. The van der Waals surface area contributed by atoms with E-state index in [2.05, 4.69) is 69.8 Å². The summed E-state index contributed by atoms with van der Waals surface area (Å²) in [4.78, 5) is 60.4. The summed E-state index contributed by atoms with van der Waals surface area (Å²) >= 11 is 0. The van der Waals surface area contributed by atoms with Crippen LogP contribution in [-0.2, 0) is 23.9 Å². The summed E-state index contributed by atoms with van der Waals surface area (Å²) in [6.45, 7) is 21.5. The summed E-state index contributed by atoms with van der Waals surface area (Å²) in [5.74, 6) is -0.149. The van der Waals surface area contributed by atoms with Gasteiger partial charge in [0.1, 0.15) is 12.4 Å². The molecule has 1 aromatic rings. The Hall–Kier alpha value is -3.36. The van der Waals surface area contributed by atoms with Gasteiger partial charge < -0.3 is 15.2 Å². The van der Waals surface area contributed by atoms with E-state index in [-0.39, 0.29) is 63.8 Å². The van der Waals surface area contributed by atoms with Gasteiger partial charge in [0.15, 0.2) is 5.78 Å². The maximum Gasteiger partial charge on any atom is 0.309 e. The van der Waals surface area contributed by atoms with Crippen molar-refractivity contribution in [3.8, 4) is 0 Å². The summed E-state index contributed by atoms with van der Waals surface area (Å²) in [7, 11) is 0.